The molecule has 2 aromatic rings. The number of halogens is 1. The summed E-state index contributed by atoms with van der Waals surface area (Å²) in [6, 6.07) is 8.16. The number of nitrogens with one attached hydrogen (secondary N) is 2. The molecule has 2 heterocycles. The third kappa shape index (κ3) is 6.16. The van der Waals surface area contributed by atoms with Crippen molar-refractivity contribution in [2.24, 2.45) is 5.92 Å². The van der Waals surface area contributed by atoms with E-state index in [1.807, 2.05) is 32.0 Å². The average Bonchev–Trinajstić information content (AvgIpc) is 3.22. The Hall–Kier alpha value is -3.27. The quantitative estimate of drug-likeness (QED) is 0.519. The molecule has 2 aromatic carbocycles. The number of nitrogens with zero attached hydrogens (tertiary/aromatic N) is 1. The number of anilines is 1. The van der Waals surface area contributed by atoms with Crippen molar-refractivity contribution < 1.29 is 28.7 Å². The lowest BCUT2D eigenvalue weighted by Gasteiger charge is -2.29. The molecule has 2 aliphatic heterocycles. The molecule has 1 atom stereocenters. The van der Waals surface area contributed by atoms with E-state index in [1.165, 1.54) is 0 Å². The van der Waals surface area contributed by atoms with Gasteiger partial charge in [0, 0.05) is 41.7 Å². The lowest BCUT2D eigenvalue weighted by atomic mass is 9.92. The lowest BCUT2D eigenvalue weighted by Crippen LogP contribution is -2.44. The van der Waals surface area contributed by atoms with Crippen LogP contribution in [0.15, 0.2) is 30.3 Å². The summed E-state index contributed by atoms with van der Waals surface area (Å²) in [4.78, 5) is 51.3. The lowest BCUT2D eigenvalue weighted by molar-refractivity contribution is -0.189. The Morgan fingerprint density at radius 2 is 1.90 bits per heavy atom. The van der Waals surface area contributed by atoms with Crippen molar-refractivity contribution in [1.82, 2.24) is 10.2 Å². The topological polar surface area (TPSA) is 114 Å². The molecule has 0 spiro atoms. The molecule has 1 saturated carbocycles. The molecule has 0 bridgehead atoms. The van der Waals surface area contributed by atoms with Crippen LogP contribution in [0, 0.1) is 12.8 Å². The SMILES string of the molecule is Cc1c(Cl)cc(NC(=O)NCc2ccc3c(c2)C(=O)N(C2CCC(=O)CC2=O)C3)cc1CC1COC(C)OC1. The van der Waals surface area contributed by atoms with Crippen molar-refractivity contribution in [3.63, 3.8) is 0 Å². The second kappa shape index (κ2) is 11.5. The van der Waals surface area contributed by atoms with Crippen molar-refractivity contribution in [2.45, 2.75) is 65.0 Å². The molecule has 3 aliphatic rings. The summed E-state index contributed by atoms with van der Waals surface area (Å²) in [6.45, 7) is 5.60. The van der Waals surface area contributed by atoms with Gasteiger partial charge in [0.2, 0.25) is 0 Å². The Morgan fingerprint density at radius 1 is 1.13 bits per heavy atom. The van der Waals surface area contributed by atoms with Gasteiger partial charge >= 0.3 is 6.03 Å². The minimum Gasteiger partial charge on any atom is -0.353 e. The number of fused-ring (bicyclic) bond motifs is 1. The van der Waals surface area contributed by atoms with Crippen LogP contribution >= 0.6 is 11.6 Å². The van der Waals surface area contributed by atoms with Crippen LogP contribution in [0.25, 0.3) is 0 Å². The second-order valence-electron chi connectivity index (χ2n) is 10.5. The van der Waals surface area contributed by atoms with E-state index < -0.39 is 12.1 Å². The fraction of sp³-hybridized carbons (Fsp3) is 0.448. The van der Waals surface area contributed by atoms with Gasteiger partial charge in [0.1, 0.15) is 5.78 Å². The zero-order chi connectivity index (χ0) is 27.7. The minimum atomic E-state index is -0.553. The van der Waals surface area contributed by atoms with Gasteiger partial charge in [-0.25, -0.2) is 4.79 Å². The predicted molar refractivity (Wildman–Crippen MR) is 145 cm³/mol. The van der Waals surface area contributed by atoms with E-state index in [-0.39, 0.29) is 42.6 Å². The normalized spacial score (nSPS) is 23.1. The second-order valence-corrected chi connectivity index (χ2v) is 10.9. The van der Waals surface area contributed by atoms with Crippen molar-refractivity contribution in [1.29, 1.82) is 0 Å². The summed E-state index contributed by atoms with van der Waals surface area (Å²) < 4.78 is 11.2. The fourth-order valence-electron chi connectivity index (χ4n) is 5.37. The zero-order valence-electron chi connectivity index (χ0n) is 22.1. The maximum Gasteiger partial charge on any atom is 0.319 e. The van der Waals surface area contributed by atoms with Crippen molar-refractivity contribution in [3.05, 3.63) is 63.2 Å². The van der Waals surface area contributed by atoms with E-state index in [2.05, 4.69) is 10.6 Å². The third-order valence-electron chi connectivity index (χ3n) is 7.63. The number of urea groups is 1. The Morgan fingerprint density at radius 3 is 2.64 bits per heavy atom. The zero-order valence-corrected chi connectivity index (χ0v) is 22.8. The first kappa shape index (κ1) is 27.3. The highest BCUT2D eigenvalue weighted by Gasteiger charge is 2.38. The molecule has 0 radical (unpaired) electrons. The van der Waals surface area contributed by atoms with Crippen LogP contribution < -0.4 is 10.6 Å². The van der Waals surface area contributed by atoms with Crippen LogP contribution in [0.3, 0.4) is 0 Å². The number of rotatable bonds is 6. The number of ketones is 2. The molecule has 2 N–H and O–H groups in total. The van der Waals surface area contributed by atoms with E-state index in [1.54, 1.807) is 17.0 Å². The van der Waals surface area contributed by atoms with Gasteiger partial charge in [-0.15, -0.1) is 0 Å². The van der Waals surface area contributed by atoms with Crippen molar-refractivity contribution >= 4 is 40.8 Å². The van der Waals surface area contributed by atoms with Gasteiger partial charge in [-0.3, -0.25) is 14.4 Å². The molecule has 0 aromatic heterocycles. The number of hydrogen-bond donors (Lipinski definition) is 2. The van der Waals surface area contributed by atoms with Gasteiger partial charge in [0.25, 0.3) is 5.91 Å². The molecule has 2 fully saturated rings. The third-order valence-corrected chi connectivity index (χ3v) is 8.02. The molecular weight excluding hydrogens is 522 g/mol. The first-order valence-corrected chi connectivity index (χ1v) is 13.6. The van der Waals surface area contributed by atoms with Crippen LogP contribution in [0.1, 0.15) is 58.8 Å². The summed E-state index contributed by atoms with van der Waals surface area (Å²) in [7, 11) is 0. The first-order chi connectivity index (χ1) is 18.7. The van der Waals surface area contributed by atoms with Gasteiger partial charge < -0.3 is 25.0 Å². The molecular formula is C29H32ClN3O6. The van der Waals surface area contributed by atoms with Crippen molar-refractivity contribution in [3.8, 4) is 0 Å². The molecule has 39 heavy (non-hydrogen) atoms. The van der Waals surface area contributed by atoms with E-state index in [0.29, 0.717) is 48.9 Å². The molecule has 206 valence electrons. The number of benzene rings is 2. The number of carbonyl (C=O) groups is 4. The van der Waals surface area contributed by atoms with E-state index in [9.17, 15) is 19.2 Å². The summed E-state index contributed by atoms with van der Waals surface area (Å²) in [5, 5.41) is 6.24. The summed E-state index contributed by atoms with van der Waals surface area (Å²) in [5.74, 6) is -0.272. The monoisotopic (exact) mass is 553 g/mol. The van der Waals surface area contributed by atoms with E-state index in [4.69, 9.17) is 21.1 Å². The molecule has 3 amide bonds. The molecule has 10 heteroatoms. The summed E-state index contributed by atoms with van der Waals surface area (Å²) in [6.07, 6.45) is 1.11. The fourth-order valence-corrected chi connectivity index (χ4v) is 5.61. The van der Waals surface area contributed by atoms with E-state index in [0.717, 1.165) is 28.7 Å². The smallest absolute Gasteiger partial charge is 0.319 e. The largest absolute Gasteiger partial charge is 0.353 e. The maximum absolute atomic E-state index is 13.1. The first-order valence-electron chi connectivity index (χ1n) is 13.2. The van der Waals surface area contributed by atoms with Gasteiger partial charge in [0.05, 0.1) is 25.7 Å². The molecule has 1 saturated heterocycles. The van der Waals surface area contributed by atoms with Gasteiger partial charge in [-0.05, 0) is 67.1 Å². The highest BCUT2D eigenvalue weighted by molar-refractivity contribution is 6.31. The molecule has 5 rings (SSSR count). The standard InChI is InChI=1S/C29H32ClN3O6/c1-16-21(7-19-14-38-17(2)39-15-19)9-22(10-25(16)30)32-29(37)31-12-18-3-4-20-13-33(28(36)24(20)8-18)26-6-5-23(34)11-27(26)35/h3-4,8-10,17,19,26H,5-7,11-15H2,1-2H3,(H2,31,32,37). The minimum absolute atomic E-state index is 0.0701. The molecule has 9 nitrogen and oxygen atoms in total. The van der Waals surface area contributed by atoms with Crippen LogP contribution in [0.4, 0.5) is 10.5 Å². The number of Topliss-reactive ketones (excluding diaryl/α,β-unsaturated/α-hetero) is 2. The maximum atomic E-state index is 13.1. The summed E-state index contributed by atoms with van der Waals surface area (Å²) in [5.41, 5.74) is 4.69. The summed E-state index contributed by atoms with van der Waals surface area (Å²) >= 11 is 6.46. The van der Waals surface area contributed by atoms with Gasteiger partial charge in [-0.1, -0.05) is 23.7 Å². The predicted octanol–water partition coefficient (Wildman–Crippen LogP) is 4.17. The Balaban J connectivity index is 1.19. The Bertz CT molecular complexity index is 1320. The number of ether oxygens (including phenoxy) is 2. The van der Waals surface area contributed by atoms with Crippen LogP contribution in [-0.2, 0) is 38.6 Å². The van der Waals surface area contributed by atoms with Crippen LogP contribution in [0.5, 0.6) is 0 Å². The highest BCUT2D eigenvalue weighted by atomic mass is 35.5. The Labute approximate surface area is 232 Å². The molecule has 1 unspecified atom stereocenters. The number of hydrogen-bond acceptors (Lipinski definition) is 6. The molecule has 1 aliphatic carbocycles. The van der Waals surface area contributed by atoms with E-state index >= 15 is 0 Å². The average molecular weight is 554 g/mol. The van der Waals surface area contributed by atoms with Gasteiger partial charge in [0.15, 0.2) is 12.1 Å². The van der Waals surface area contributed by atoms with Crippen LogP contribution in [-0.4, -0.2) is 54.0 Å². The Kier molecular flexibility index (Phi) is 8.02. The van der Waals surface area contributed by atoms with Crippen LogP contribution in [0.2, 0.25) is 5.02 Å². The van der Waals surface area contributed by atoms with Crippen molar-refractivity contribution in [2.75, 3.05) is 18.5 Å². The number of amides is 3. The number of carbonyl (C=O) groups excluding carboxylic acids is 4. The van der Waals surface area contributed by atoms with Gasteiger partial charge in [-0.2, -0.15) is 0 Å². The highest BCUT2D eigenvalue weighted by Crippen LogP contribution is 2.30.